The van der Waals surface area contributed by atoms with E-state index in [-0.39, 0.29) is 12.1 Å². The third-order valence-electron chi connectivity index (χ3n) is 2.81. The Balaban J connectivity index is 2.13. The Morgan fingerprint density at radius 3 is 2.86 bits per heavy atom. The average molecular weight is 282 g/mol. The molecule has 21 heavy (non-hydrogen) atoms. The minimum Gasteiger partial charge on any atom is -0.496 e. The number of benzene rings is 1. The van der Waals surface area contributed by atoms with Gasteiger partial charge >= 0.3 is 0 Å². The second-order valence-electron chi connectivity index (χ2n) is 4.17. The van der Waals surface area contributed by atoms with Crippen LogP contribution in [0.1, 0.15) is 11.3 Å². The van der Waals surface area contributed by atoms with Crippen LogP contribution in [0.4, 0.5) is 0 Å². The summed E-state index contributed by atoms with van der Waals surface area (Å²) in [4.78, 5) is 12.0. The summed E-state index contributed by atoms with van der Waals surface area (Å²) in [6, 6.07) is 12.5. The third kappa shape index (κ3) is 3.74. The molecular formula is C16H14N2O3. The van der Waals surface area contributed by atoms with Crippen LogP contribution in [-0.2, 0) is 11.3 Å². The lowest BCUT2D eigenvalue weighted by Gasteiger charge is -2.05. The molecule has 106 valence electrons. The van der Waals surface area contributed by atoms with Crippen molar-refractivity contribution in [1.82, 2.24) is 5.32 Å². The van der Waals surface area contributed by atoms with Crippen molar-refractivity contribution >= 4 is 12.0 Å². The molecule has 1 heterocycles. The Bertz CT molecular complexity index is 682. The fourth-order valence-corrected chi connectivity index (χ4v) is 1.77. The molecule has 0 aliphatic carbocycles. The lowest BCUT2D eigenvalue weighted by atomic mass is 10.1. The zero-order valence-corrected chi connectivity index (χ0v) is 11.5. The van der Waals surface area contributed by atoms with Gasteiger partial charge in [0.25, 0.3) is 5.91 Å². The van der Waals surface area contributed by atoms with Gasteiger partial charge in [0.2, 0.25) is 0 Å². The molecule has 2 rings (SSSR count). The van der Waals surface area contributed by atoms with Crippen LogP contribution in [0.2, 0.25) is 0 Å². The molecule has 0 fully saturated rings. The van der Waals surface area contributed by atoms with Crippen LogP contribution >= 0.6 is 0 Å². The van der Waals surface area contributed by atoms with E-state index >= 15 is 0 Å². The number of furan rings is 1. The molecule has 0 aliphatic rings. The molecule has 0 radical (unpaired) electrons. The van der Waals surface area contributed by atoms with Gasteiger partial charge < -0.3 is 14.5 Å². The first kappa shape index (κ1) is 14.4. The monoisotopic (exact) mass is 282 g/mol. The van der Waals surface area contributed by atoms with Crippen molar-refractivity contribution in [2.24, 2.45) is 0 Å². The molecule has 1 aromatic heterocycles. The number of rotatable bonds is 5. The van der Waals surface area contributed by atoms with Crippen LogP contribution in [0.3, 0.4) is 0 Å². The largest absolute Gasteiger partial charge is 0.496 e. The maximum absolute atomic E-state index is 12.0. The first-order valence-electron chi connectivity index (χ1n) is 6.30. The van der Waals surface area contributed by atoms with Gasteiger partial charge in [-0.05, 0) is 24.3 Å². The number of carbonyl (C=O) groups is 1. The molecule has 0 saturated heterocycles. The smallest absolute Gasteiger partial charge is 0.262 e. The van der Waals surface area contributed by atoms with E-state index in [1.54, 1.807) is 24.3 Å². The summed E-state index contributed by atoms with van der Waals surface area (Å²) in [5.41, 5.74) is 0.677. The zero-order chi connectivity index (χ0) is 15.1. The second kappa shape index (κ2) is 6.96. The highest BCUT2D eigenvalue weighted by atomic mass is 16.5. The van der Waals surface area contributed by atoms with Crippen LogP contribution in [-0.4, -0.2) is 13.0 Å². The van der Waals surface area contributed by atoms with Gasteiger partial charge in [0, 0.05) is 5.56 Å². The zero-order valence-electron chi connectivity index (χ0n) is 11.5. The van der Waals surface area contributed by atoms with Crippen molar-refractivity contribution in [1.29, 1.82) is 5.26 Å². The number of amides is 1. The van der Waals surface area contributed by atoms with Crippen molar-refractivity contribution in [3.8, 4) is 11.8 Å². The van der Waals surface area contributed by atoms with E-state index in [1.165, 1.54) is 19.4 Å². The summed E-state index contributed by atoms with van der Waals surface area (Å²) >= 11 is 0. The number of nitrogens with one attached hydrogen (secondary N) is 1. The summed E-state index contributed by atoms with van der Waals surface area (Å²) in [6.45, 7) is 0.233. The number of methoxy groups -OCH3 is 1. The van der Waals surface area contributed by atoms with Gasteiger partial charge in [0.1, 0.15) is 23.2 Å². The molecular weight excluding hydrogens is 268 g/mol. The fourth-order valence-electron chi connectivity index (χ4n) is 1.77. The van der Waals surface area contributed by atoms with Gasteiger partial charge in [-0.2, -0.15) is 5.26 Å². The number of para-hydroxylation sites is 1. The van der Waals surface area contributed by atoms with Gasteiger partial charge in [0.05, 0.1) is 19.9 Å². The summed E-state index contributed by atoms with van der Waals surface area (Å²) in [7, 11) is 1.54. The predicted octanol–water partition coefficient (Wildman–Crippen LogP) is 2.51. The van der Waals surface area contributed by atoms with E-state index in [9.17, 15) is 4.79 Å². The van der Waals surface area contributed by atoms with Crippen molar-refractivity contribution in [2.75, 3.05) is 7.11 Å². The van der Waals surface area contributed by atoms with Gasteiger partial charge in [-0.25, -0.2) is 0 Å². The summed E-state index contributed by atoms with van der Waals surface area (Å²) in [5, 5.41) is 11.8. The Morgan fingerprint density at radius 1 is 1.38 bits per heavy atom. The maximum Gasteiger partial charge on any atom is 0.262 e. The Hall–Kier alpha value is -3.00. The molecule has 1 aromatic carbocycles. The molecule has 0 atom stereocenters. The van der Waals surface area contributed by atoms with E-state index in [2.05, 4.69) is 5.32 Å². The fraction of sp³-hybridized carbons (Fsp3) is 0.125. The Kier molecular flexibility index (Phi) is 4.78. The van der Waals surface area contributed by atoms with Crippen LogP contribution in [0.25, 0.3) is 6.08 Å². The van der Waals surface area contributed by atoms with E-state index < -0.39 is 5.91 Å². The Labute approximate surface area is 122 Å². The number of hydrogen-bond acceptors (Lipinski definition) is 4. The average Bonchev–Trinajstić information content (AvgIpc) is 3.04. The molecule has 0 saturated carbocycles. The quantitative estimate of drug-likeness (QED) is 0.675. The number of nitriles is 1. The van der Waals surface area contributed by atoms with Crippen molar-refractivity contribution in [3.05, 3.63) is 59.6 Å². The molecule has 1 amide bonds. The summed E-state index contributed by atoms with van der Waals surface area (Å²) in [6.07, 6.45) is 3.02. The SMILES string of the molecule is COc1ccccc1/C=C(/C#N)C(=O)NCc1ccco1. The second-order valence-corrected chi connectivity index (χ2v) is 4.17. The highest BCUT2D eigenvalue weighted by Crippen LogP contribution is 2.20. The standard InChI is InChI=1S/C16H14N2O3/c1-20-15-7-3-2-5-12(15)9-13(10-17)16(19)18-11-14-6-4-8-21-14/h2-9H,11H2,1H3,(H,18,19)/b13-9-. The maximum atomic E-state index is 12.0. The molecule has 0 spiro atoms. The molecule has 0 unspecified atom stereocenters. The first-order chi connectivity index (χ1) is 10.2. The van der Waals surface area contributed by atoms with Gasteiger partial charge in [0.15, 0.2) is 0 Å². The van der Waals surface area contributed by atoms with Crippen LogP contribution in [0, 0.1) is 11.3 Å². The minimum absolute atomic E-state index is 0.00561. The number of nitrogens with zero attached hydrogens (tertiary/aromatic N) is 1. The topological polar surface area (TPSA) is 75.3 Å². The summed E-state index contributed by atoms with van der Waals surface area (Å²) in [5.74, 6) is 0.766. The van der Waals surface area contributed by atoms with Gasteiger partial charge in [-0.1, -0.05) is 18.2 Å². The van der Waals surface area contributed by atoms with Crippen molar-refractivity contribution in [2.45, 2.75) is 6.54 Å². The summed E-state index contributed by atoms with van der Waals surface area (Å²) < 4.78 is 10.3. The molecule has 0 aliphatic heterocycles. The third-order valence-corrected chi connectivity index (χ3v) is 2.81. The number of ether oxygens (including phenoxy) is 1. The molecule has 0 bridgehead atoms. The van der Waals surface area contributed by atoms with Gasteiger partial charge in [-0.3, -0.25) is 4.79 Å². The van der Waals surface area contributed by atoms with Gasteiger partial charge in [-0.15, -0.1) is 0 Å². The Morgan fingerprint density at radius 2 is 2.19 bits per heavy atom. The van der Waals surface area contributed by atoms with Crippen LogP contribution in [0.15, 0.2) is 52.7 Å². The lowest BCUT2D eigenvalue weighted by Crippen LogP contribution is -2.23. The first-order valence-corrected chi connectivity index (χ1v) is 6.30. The highest BCUT2D eigenvalue weighted by molar-refractivity contribution is 6.01. The van der Waals surface area contributed by atoms with Crippen LogP contribution in [0.5, 0.6) is 5.75 Å². The predicted molar refractivity (Wildman–Crippen MR) is 77.1 cm³/mol. The molecule has 1 N–H and O–H groups in total. The van der Waals surface area contributed by atoms with Crippen molar-refractivity contribution in [3.63, 3.8) is 0 Å². The van der Waals surface area contributed by atoms with Crippen molar-refractivity contribution < 1.29 is 13.9 Å². The number of hydrogen-bond donors (Lipinski definition) is 1. The lowest BCUT2D eigenvalue weighted by molar-refractivity contribution is -0.117. The molecule has 5 heteroatoms. The number of carbonyl (C=O) groups excluding carboxylic acids is 1. The van der Waals surface area contributed by atoms with E-state index in [0.717, 1.165) is 0 Å². The minimum atomic E-state index is -0.459. The highest BCUT2D eigenvalue weighted by Gasteiger charge is 2.10. The van der Waals surface area contributed by atoms with E-state index in [0.29, 0.717) is 17.1 Å². The van der Waals surface area contributed by atoms with Crippen LogP contribution < -0.4 is 10.1 Å². The molecule has 5 nitrogen and oxygen atoms in total. The van der Waals surface area contributed by atoms with E-state index in [4.69, 9.17) is 14.4 Å². The van der Waals surface area contributed by atoms with E-state index in [1.807, 2.05) is 18.2 Å². The normalized spacial score (nSPS) is 10.8. The molecule has 2 aromatic rings.